The zero-order chi connectivity index (χ0) is 11.8. The molecule has 1 fully saturated rings. The van der Waals surface area contributed by atoms with Crippen LogP contribution in [-0.2, 0) is 4.74 Å². The highest BCUT2D eigenvalue weighted by Crippen LogP contribution is 2.29. The molecule has 5 atom stereocenters. The minimum atomic E-state index is -1.45. The van der Waals surface area contributed by atoms with Gasteiger partial charge in [0.1, 0.15) is 18.3 Å². The molecule has 15 heavy (non-hydrogen) atoms. The lowest BCUT2D eigenvalue weighted by Gasteiger charge is -2.40. The second-order valence-corrected chi connectivity index (χ2v) is 5.30. The minimum absolute atomic E-state index is 0.0899. The van der Waals surface area contributed by atoms with Crippen LogP contribution in [0.5, 0.6) is 0 Å². The van der Waals surface area contributed by atoms with Gasteiger partial charge < -0.3 is 25.2 Å². The van der Waals surface area contributed by atoms with Crippen LogP contribution in [0.1, 0.15) is 27.2 Å². The predicted molar refractivity (Wildman–Crippen MR) is 53.0 cm³/mol. The molecular weight excluding hydrogens is 200 g/mol. The Morgan fingerprint density at radius 1 is 0.933 bits per heavy atom. The van der Waals surface area contributed by atoms with Crippen LogP contribution in [0.3, 0.4) is 0 Å². The topological polar surface area (TPSA) is 90.2 Å². The fraction of sp³-hybridized carbons (Fsp3) is 1.00. The van der Waals surface area contributed by atoms with Gasteiger partial charge in [0.2, 0.25) is 0 Å². The smallest absolute Gasteiger partial charge is 0.183 e. The van der Waals surface area contributed by atoms with Gasteiger partial charge in [-0.05, 0) is 11.8 Å². The van der Waals surface area contributed by atoms with Crippen molar-refractivity contribution in [1.82, 2.24) is 0 Å². The number of aliphatic hydroxyl groups is 4. The summed E-state index contributed by atoms with van der Waals surface area (Å²) in [6.07, 6.45) is -5.57. The fourth-order valence-corrected chi connectivity index (χ4v) is 1.70. The van der Waals surface area contributed by atoms with Gasteiger partial charge >= 0.3 is 0 Å². The highest BCUT2D eigenvalue weighted by molar-refractivity contribution is 4.90. The lowest BCUT2D eigenvalue weighted by Crippen LogP contribution is -2.58. The molecule has 1 heterocycles. The van der Waals surface area contributed by atoms with E-state index in [4.69, 9.17) is 4.74 Å². The average Bonchev–Trinajstić information content (AvgIpc) is 2.08. The second kappa shape index (κ2) is 4.35. The monoisotopic (exact) mass is 220 g/mol. The predicted octanol–water partition coefficient (Wildman–Crippen LogP) is -0.778. The van der Waals surface area contributed by atoms with Gasteiger partial charge in [0.25, 0.3) is 0 Å². The molecule has 0 saturated carbocycles. The lowest BCUT2D eigenvalue weighted by atomic mass is 9.84. The SMILES string of the molecule is CC(C)(C)CC1O[C@@H](O)C(O)[C@@H](O)[C@@H]1O. The zero-order valence-electron chi connectivity index (χ0n) is 9.29. The van der Waals surface area contributed by atoms with Crippen LogP contribution in [0, 0.1) is 5.41 Å². The van der Waals surface area contributed by atoms with E-state index in [1.807, 2.05) is 20.8 Å². The van der Waals surface area contributed by atoms with Crippen LogP contribution < -0.4 is 0 Å². The van der Waals surface area contributed by atoms with E-state index < -0.39 is 30.7 Å². The third-order valence-corrected chi connectivity index (χ3v) is 2.50. The highest BCUT2D eigenvalue weighted by atomic mass is 16.6. The van der Waals surface area contributed by atoms with Gasteiger partial charge in [-0.3, -0.25) is 0 Å². The highest BCUT2D eigenvalue weighted by Gasteiger charge is 2.43. The van der Waals surface area contributed by atoms with E-state index in [1.54, 1.807) is 0 Å². The van der Waals surface area contributed by atoms with Gasteiger partial charge in [-0.25, -0.2) is 0 Å². The third-order valence-electron chi connectivity index (χ3n) is 2.50. The van der Waals surface area contributed by atoms with E-state index >= 15 is 0 Å². The van der Waals surface area contributed by atoms with E-state index in [0.717, 1.165) is 0 Å². The summed E-state index contributed by atoms with van der Waals surface area (Å²) in [5.41, 5.74) is -0.0899. The van der Waals surface area contributed by atoms with Crippen molar-refractivity contribution in [1.29, 1.82) is 0 Å². The van der Waals surface area contributed by atoms with Crippen molar-refractivity contribution in [2.45, 2.75) is 57.9 Å². The molecule has 0 aliphatic carbocycles. The zero-order valence-corrected chi connectivity index (χ0v) is 9.29. The summed E-state index contributed by atoms with van der Waals surface area (Å²) in [5, 5.41) is 37.6. The van der Waals surface area contributed by atoms with E-state index in [1.165, 1.54) is 0 Å². The Labute approximate surface area is 89.3 Å². The van der Waals surface area contributed by atoms with Gasteiger partial charge in [-0.1, -0.05) is 20.8 Å². The second-order valence-electron chi connectivity index (χ2n) is 5.30. The van der Waals surface area contributed by atoms with Crippen LogP contribution in [0.2, 0.25) is 0 Å². The summed E-state index contributed by atoms with van der Waals surface area (Å²) in [6, 6.07) is 0. The number of aliphatic hydroxyl groups excluding tert-OH is 4. The Balaban J connectivity index is 2.67. The van der Waals surface area contributed by atoms with Crippen molar-refractivity contribution in [3.8, 4) is 0 Å². The first-order valence-corrected chi connectivity index (χ1v) is 5.10. The van der Waals surface area contributed by atoms with E-state index in [0.29, 0.717) is 6.42 Å². The van der Waals surface area contributed by atoms with Gasteiger partial charge in [0.15, 0.2) is 6.29 Å². The normalized spacial score (nSPS) is 43.0. The molecule has 0 amide bonds. The number of hydrogen-bond acceptors (Lipinski definition) is 5. The molecule has 0 spiro atoms. The Morgan fingerprint density at radius 3 is 1.93 bits per heavy atom. The third kappa shape index (κ3) is 3.12. The summed E-state index contributed by atoms with van der Waals surface area (Å²) in [5.74, 6) is 0. The van der Waals surface area contributed by atoms with E-state index in [9.17, 15) is 20.4 Å². The molecular formula is C10H20O5. The van der Waals surface area contributed by atoms with E-state index in [2.05, 4.69) is 0 Å². The van der Waals surface area contributed by atoms with Gasteiger partial charge in [-0.15, -0.1) is 0 Å². The lowest BCUT2D eigenvalue weighted by molar-refractivity contribution is -0.285. The van der Waals surface area contributed by atoms with Crippen LogP contribution in [-0.4, -0.2) is 51.1 Å². The summed E-state index contributed by atoms with van der Waals surface area (Å²) >= 11 is 0. The molecule has 0 aromatic rings. The molecule has 5 heteroatoms. The standard InChI is InChI=1S/C10H20O5/c1-10(2,3)4-5-6(11)7(12)8(13)9(14)15-5/h5-9,11-14H,4H2,1-3H3/t5?,6-,7+,8?,9-/m1/s1. The van der Waals surface area contributed by atoms with Gasteiger partial charge in [-0.2, -0.15) is 0 Å². The number of ether oxygens (including phenoxy) is 1. The molecule has 1 aliphatic rings. The van der Waals surface area contributed by atoms with Crippen molar-refractivity contribution < 1.29 is 25.2 Å². The first kappa shape index (κ1) is 12.9. The molecule has 1 aliphatic heterocycles. The molecule has 0 aromatic heterocycles. The van der Waals surface area contributed by atoms with Crippen LogP contribution >= 0.6 is 0 Å². The summed E-state index contributed by atoms with van der Waals surface area (Å²) in [6.45, 7) is 5.90. The molecule has 2 unspecified atom stereocenters. The molecule has 90 valence electrons. The van der Waals surface area contributed by atoms with Crippen LogP contribution in [0.15, 0.2) is 0 Å². The van der Waals surface area contributed by atoms with Crippen molar-refractivity contribution >= 4 is 0 Å². The van der Waals surface area contributed by atoms with Gasteiger partial charge in [0, 0.05) is 0 Å². The summed E-state index contributed by atoms with van der Waals surface area (Å²) < 4.78 is 5.05. The Hall–Kier alpha value is -0.200. The minimum Gasteiger partial charge on any atom is -0.388 e. The van der Waals surface area contributed by atoms with Crippen molar-refractivity contribution in [3.63, 3.8) is 0 Å². The van der Waals surface area contributed by atoms with Crippen molar-refractivity contribution in [2.24, 2.45) is 5.41 Å². The Morgan fingerprint density at radius 2 is 1.47 bits per heavy atom. The fourth-order valence-electron chi connectivity index (χ4n) is 1.70. The number of rotatable bonds is 1. The summed E-state index contributed by atoms with van der Waals surface area (Å²) in [4.78, 5) is 0. The molecule has 4 N–H and O–H groups in total. The average molecular weight is 220 g/mol. The molecule has 0 aromatic carbocycles. The van der Waals surface area contributed by atoms with Crippen LogP contribution in [0.4, 0.5) is 0 Å². The maximum absolute atomic E-state index is 9.64. The van der Waals surface area contributed by atoms with E-state index in [-0.39, 0.29) is 5.41 Å². The Bertz CT molecular complexity index is 212. The number of hydrogen-bond donors (Lipinski definition) is 4. The Kier molecular flexibility index (Phi) is 3.73. The van der Waals surface area contributed by atoms with Crippen LogP contribution in [0.25, 0.3) is 0 Å². The molecule has 0 radical (unpaired) electrons. The largest absolute Gasteiger partial charge is 0.388 e. The first-order chi connectivity index (χ1) is 6.72. The van der Waals surface area contributed by atoms with Gasteiger partial charge in [0.05, 0.1) is 6.10 Å². The van der Waals surface area contributed by atoms with Crippen molar-refractivity contribution in [2.75, 3.05) is 0 Å². The van der Waals surface area contributed by atoms with Crippen molar-refractivity contribution in [3.05, 3.63) is 0 Å². The summed E-state index contributed by atoms with van der Waals surface area (Å²) in [7, 11) is 0. The first-order valence-electron chi connectivity index (χ1n) is 5.10. The maximum atomic E-state index is 9.64. The molecule has 1 saturated heterocycles. The molecule has 0 bridgehead atoms. The quantitative estimate of drug-likeness (QED) is 0.465. The maximum Gasteiger partial charge on any atom is 0.183 e. The molecule has 1 rings (SSSR count). The molecule has 5 nitrogen and oxygen atoms in total.